The number of hydrogen-bond donors (Lipinski definition) is 3. The zero-order chi connectivity index (χ0) is 19.9. The molecule has 6 atom stereocenters. The maximum Gasteiger partial charge on any atom is 0.336 e. The van der Waals surface area contributed by atoms with Crippen molar-refractivity contribution in [3.63, 3.8) is 0 Å². The topological polar surface area (TPSA) is 113 Å². The molecule has 27 heavy (non-hydrogen) atoms. The largest absolute Gasteiger partial charge is 0.458 e. The molecule has 1 aliphatic heterocycles. The molecule has 0 aromatic heterocycles. The van der Waals surface area contributed by atoms with Crippen molar-refractivity contribution in [2.45, 2.75) is 45.0 Å². The molecular weight excluding hydrogens is 352 g/mol. The van der Waals surface area contributed by atoms with Gasteiger partial charge >= 0.3 is 11.9 Å². The summed E-state index contributed by atoms with van der Waals surface area (Å²) in [7, 11) is 0. The van der Waals surface area contributed by atoms with E-state index in [2.05, 4.69) is 6.58 Å². The Morgan fingerprint density at radius 2 is 2.19 bits per heavy atom. The molecule has 2 fully saturated rings. The van der Waals surface area contributed by atoms with E-state index in [9.17, 15) is 19.8 Å². The molecule has 0 bridgehead atoms. The molecule has 2 aliphatic carbocycles. The van der Waals surface area contributed by atoms with Gasteiger partial charge < -0.3 is 24.8 Å². The highest BCUT2D eigenvalue weighted by molar-refractivity contribution is 5.92. The van der Waals surface area contributed by atoms with Gasteiger partial charge in [0.2, 0.25) is 0 Å². The molecule has 1 saturated carbocycles. The number of hydrogen-bond acceptors (Lipinski definition) is 7. The van der Waals surface area contributed by atoms with Crippen LogP contribution < -0.4 is 0 Å². The second-order valence-electron chi connectivity index (χ2n) is 7.82. The summed E-state index contributed by atoms with van der Waals surface area (Å²) in [5.74, 6) is -1.98. The Bertz CT molecular complexity index is 722. The average molecular weight is 378 g/mol. The van der Waals surface area contributed by atoms with Crippen molar-refractivity contribution in [1.29, 1.82) is 0 Å². The lowest BCUT2D eigenvalue weighted by Gasteiger charge is -2.53. The number of esters is 2. The number of ether oxygens (including phenoxy) is 2. The van der Waals surface area contributed by atoms with Crippen molar-refractivity contribution in [2.75, 3.05) is 13.2 Å². The summed E-state index contributed by atoms with van der Waals surface area (Å²) in [5, 5.41) is 29.0. The fourth-order valence-corrected chi connectivity index (χ4v) is 4.85. The van der Waals surface area contributed by atoms with E-state index in [-0.39, 0.29) is 17.1 Å². The van der Waals surface area contributed by atoms with E-state index in [0.29, 0.717) is 12.8 Å². The van der Waals surface area contributed by atoms with Gasteiger partial charge in [0.15, 0.2) is 0 Å². The van der Waals surface area contributed by atoms with E-state index in [1.807, 2.05) is 19.9 Å². The normalized spacial score (nSPS) is 38.6. The molecule has 1 saturated heterocycles. The summed E-state index contributed by atoms with van der Waals surface area (Å²) in [6, 6.07) is 0. The molecule has 148 valence electrons. The van der Waals surface area contributed by atoms with Crippen molar-refractivity contribution in [2.24, 2.45) is 17.3 Å². The highest BCUT2D eigenvalue weighted by Crippen LogP contribution is 2.56. The molecule has 3 aliphatic rings. The van der Waals surface area contributed by atoms with Crippen LogP contribution in [0.3, 0.4) is 0 Å². The van der Waals surface area contributed by atoms with Crippen molar-refractivity contribution in [3.8, 4) is 0 Å². The van der Waals surface area contributed by atoms with Crippen LogP contribution in [-0.4, -0.2) is 58.8 Å². The van der Waals surface area contributed by atoms with Crippen LogP contribution in [0.25, 0.3) is 0 Å². The van der Waals surface area contributed by atoms with E-state index < -0.39 is 54.8 Å². The van der Waals surface area contributed by atoms with E-state index in [1.165, 1.54) is 6.08 Å². The lowest BCUT2D eigenvalue weighted by atomic mass is 9.54. The van der Waals surface area contributed by atoms with E-state index in [1.54, 1.807) is 0 Å². The Hall–Kier alpha value is -1.96. The maximum absolute atomic E-state index is 12.4. The van der Waals surface area contributed by atoms with Crippen molar-refractivity contribution in [3.05, 3.63) is 35.5 Å². The van der Waals surface area contributed by atoms with Gasteiger partial charge in [-0.2, -0.15) is 0 Å². The van der Waals surface area contributed by atoms with Gasteiger partial charge in [-0.15, -0.1) is 0 Å². The lowest BCUT2D eigenvalue weighted by Crippen LogP contribution is -2.57. The van der Waals surface area contributed by atoms with Crippen LogP contribution in [0.1, 0.15) is 26.7 Å². The highest BCUT2D eigenvalue weighted by Gasteiger charge is 2.61. The second-order valence-corrected chi connectivity index (χ2v) is 7.82. The molecular formula is C20H26O7. The van der Waals surface area contributed by atoms with Crippen LogP contribution in [-0.2, 0) is 19.1 Å². The smallest absolute Gasteiger partial charge is 0.336 e. The number of rotatable bonds is 4. The fraction of sp³-hybridized carbons (Fsp3) is 0.600. The molecule has 6 unspecified atom stereocenters. The van der Waals surface area contributed by atoms with Gasteiger partial charge in [-0.05, 0) is 25.8 Å². The van der Waals surface area contributed by atoms with Crippen LogP contribution in [0, 0.1) is 17.3 Å². The Labute approximate surface area is 158 Å². The van der Waals surface area contributed by atoms with Gasteiger partial charge in [-0.3, -0.25) is 0 Å². The molecule has 7 nitrogen and oxygen atoms in total. The van der Waals surface area contributed by atoms with Crippen molar-refractivity contribution in [1.82, 2.24) is 0 Å². The Morgan fingerprint density at radius 3 is 2.81 bits per heavy atom. The molecule has 1 heterocycles. The summed E-state index contributed by atoms with van der Waals surface area (Å²) in [6.45, 7) is 6.74. The molecule has 7 heteroatoms. The SMILES string of the molecule is C=C1C(=O)OC2C1C(OC(=O)C(=CCO)CO)CC1(C)C(O)CC=C(C)C21. The maximum atomic E-state index is 12.4. The monoisotopic (exact) mass is 378 g/mol. The number of aliphatic hydroxyl groups excluding tert-OH is 3. The average Bonchev–Trinajstić information content (AvgIpc) is 2.91. The number of aliphatic hydroxyl groups is 3. The number of fused-ring (bicyclic) bond motifs is 3. The minimum atomic E-state index is -0.762. The third-order valence-corrected chi connectivity index (χ3v) is 6.29. The number of carbonyl (C=O) groups excluding carboxylic acids is 2. The summed E-state index contributed by atoms with van der Waals surface area (Å²) in [6.07, 6.45) is 2.02. The Balaban J connectivity index is 1.96. The first-order chi connectivity index (χ1) is 12.7. The predicted octanol–water partition coefficient (Wildman–Crippen LogP) is 0.644. The van der Waals surface area contributed by atoms with E-state index in [4.69, 9.17) is 14.6 Å². The van der Waals surface area contributed by atoms with E-state index >= 15 is 0 Å². The first-order valence-corrected chi connectivity index (χ1v) is 9.10. The summed E-state index contributed by atoms with van der Waals surface area (Å²) in [5.41, 5.74) is 0.610. The van der Waals surface area contributed by atoms with Gasteiger partial charge in [0.25, 0.3) is 0 Å². The molecule has 3 N–H and O–H groups in total. The van der Waals surface area contributed by atoms with Crippen LogP contribution >= 0.6 is 0 Å². The zero-order valence-corrected chi connectivity index (χ0v) is 15.6. The van der Waals surface area contributed by atoms with Gasteiger partial charge in [-0.25, -0.2) is 9.59 Å². The molecule has 0 aromatic rings. The van der Waals surface area contributed by atoms with Crippen molar-refractivity contribution >= 4 is 11.9 Å². The highest BCUT2D eigenvalue weighted by atomic mass is 16.6. The third-order valence-electron chi connectivity index (χ3n) is 6.29. The molecule has 0 spiro atoms. The third kappa shape index (κ3) is 3.13. The van der Waals surface area contributed by atoms with Gasteiger partial charge in [0.05, 0.1) is 30.8 Å². The van der Waals surface area contributed by atoms with E-state index in [0.717, 1.165) is 5.57 Å². The van der Waals surface area contributed by atoms with Crippen LogP contribution in [0.4, 0.5) is 0 Å². The molecule has 0 radical (unpaired) electrons. The minimum absolute atomic E-state index is 0.0579. The van der Waals surface area contributed by atoms with Gasteiger partial charge in [-0.1, -0.05) is 25.2 Å². The Morgan fingerprint density at radius 1 is 1.48 bits per heavy atom. The second kappa shape index (κ2) is 7.22. The fourth-order valence-electron chi connectivity index (χ4n) is 4.85. The first-order valence-electron chi connectivity index (χ1n) is 9.10. The standard InChI is InChI=1S/C20H26O7/c1-10-4-5-14(23)20(3)8-13(26-19(25)12(9-22)6-7-21)15-11(2)18(24)27-17(15)16(10)20/h4,6,13-17,21-23H,2,5,7-9H2,1,3H3. The summed E-state index contributed by atoms with van der Waals surface area (Å²) in [4.78, 5) is 24.6. The van der Waals surface area contributed by atoms with Crippen molar-refractivity contribution < 1.29 is 34.4 Å². The predicted molar refractivity (Wildman–Crippen MR) is 95.2 cm³/mol. The lowest BCUT2D eigenvalue weighted by molar-refractivity contribution is -0.173. The summed E-state index contributed by atoms with van der Waals surface area (Å²) >= 11 is 0. The quantitative estimate of drug-likeness (QED) is 0.374. The first kappa shape index (κ1) is 19.8. The Kier molecular flexibility index (Phi) is 5.29. The molecule has 0 aromatic carbocycles. The van der Waals surface area contributed by atoms with Crippen LogP contribution in [0.2, 0.25) is 0 Å². The van der Waals surface area contributed by atoms with Crippen LogP contribution in [0.5, 0.6) is 0 Å². The minimum Gasteiger partial charge on any atom is -0.458 e. The summed E-state index contributed by atoms with van der Waals surface area (Å²) < 4.78 is 11.2. The van der Waals surface area contributed by atoms with Gasteiger partial charge in [0, 0.05) is 16.9 Å². The van der Waals surface area contributed by atoms with Crippen LogP contribution in [0.15, 0.2) is 35.5 Å². The number of carbonyl (C=O) groups is 2. The van der Waals surface area contributed by atoms with Gasteiger partial charge in [0.1, 0.15) is 12.2 Å². The molecule has 3 rings (SSSR count). The molecule has 0 amide bonds. The zero-order valence-electron chi connectivity index (χ0n) is 15.6.